The normalized spacial score (nSPS) is 20.5. The van der Waals surface area contributed by atoms with E-state index < -0.39 is 5.97 Å². The molecule has 1 N–H and O–H groups in total. The average molecular weight is 539 g/mol. The van der Waals surface area contributed by atoms with Gasteiger partial charge < -0.3 is 19.1 Å². The summed E-state index contributed by atoms with van der Waals surface area (Å²) in [6.07, 6.45) is 8.16. The van der Waals surface area contributed by atoms with E-state index in [1.807, 2.05) is 12.1 Å². The van der Waals surface area contributed by atoms with Crippen molar-refractivity contribution in [3.05, 3.63) is 77.1 Å². The number of rotatable bonds is 9. The van der Waals surface area contributed by atoms with Crippen molar-refractivity contribution in [2.45, 2.75) is 63.7 Å². The van der Waals surface area contributed by atoms with E-state index in [4.69, 9.17) is 19.7 Å². The van der Waals surface area contributed by atoms with Gasteiger partial charge in [-0.25, -0.2) is 19.7 Å². The van der Waals surface area contributed by atoms with Crippen LogP contribution in [0.15, 0.2) is 48.7 Å². The molecule has 4 aromatic rings. The van der Waals surface area contributed by atoms with Crippen LogP contribution in [0.1, 0.15) is 65.4 Å². The third kappa shape index (κ3) is 5.80. The molecule has 1 saturated heterocycles. The first kappa shape index (κ1) is 25.9. The van der Waals surface area contributed by atoms with E-state index in [1.54, 1.807) is 30.5 Å². The first-order chi connectivity index (χ1) is 19.5. The molecule has 1 aromatic carbocycles. The van der Waals surface area contributed by atoms with Gasteiger partial charge in [-0.3, -0.25) is 0 Å². The van der Waals surface area contributed by atoms with Gasteiger partial charge in [-0.1, -0.05) is 12.1 Å². The van der Waals surface area contributed by atoms with Crippen molar-refractivity contribution in [2.75, 3.05) is 6.61 Å². The largest absolute Gasteiger partial charge is 0.477 e. The van der Waals surface area contributed by atoms with Crippen LogP contribution < -0.4 is 4.74 Å². The molecule has 204 valence electrons. The van der Waals surface area contributed by atoms with Crippen LogP contribution in [0.2, 0.25) is 0 Å². The number of hydrogen-bond acceptors (Lipinski definition) is 8. The van der Waals surface area contributed by atoms with Crippen molar-refractivity contribution in [3.63, 3.8) is 0 Å². The van der Waals surface area contributed by atoms with Crippen molar-refractivity contribution in [1.29, 1.82) is 5.26 Å². The Kier molecular flexibility index (Phi) is 7.38. The molecule has 40 heavy (non-hydrogen) atoms. The number of aromatic carboxylic acids is 1. The van der Waals surface area contributed by atoms with Crippen molar-refractivity contribution in [3.8, 4) is 11.9 Å². The van der Waals surface area contributed by atoms with Gasteiger partial charge in [0, 0.05) is 31.7 Å². The smallest absolute Gasteiger partial charge is 0.354 e. The number of nitrogens with zero attached hydrogens (tertiary/aromatic N) is 6. The summed E-state index contributed by atoms with van der Waals surface area (Å²) < 4.78 is 14.0. The van der Waals surface area contributed by atoms with Gasteiger partial charge in [0.15, 0.2) is 11.3 Å². The highest BCUT2D eigenvalue weighted by Crippen LogP contribution is 2.31. The van der Waals surface area contributed by atoms with Crippen LogP contribution in [0.25, 0.3) is 11.2 Å². The second kappa shape index (κ2) is 11.4. The van der Waals surface area contributed by atoms with Crippen LogP contribution in [0, 0.1) is 17.2 Å². The minimum absolute atomic E-state index is 0.0252. The third-order valence-electron chi connectivity index (χ3n) is 7.75. The standard InChI is InChI=1S/C30H30N6O4/c31-17-21-3-1-19(2-4-21)15-26-32-13-11-28(35-26)40-22-7-5-20(6-8-22)16-27-33-24-9-10-25(30(37)38)34-29(24)36(27)18-23-12-14-39-23/h1-4,9-11,13,20,22-23H,5-8,12,14-16,18H2,(H,37,38)/t20-,22-,23-/m0/s1. The van der Waals surface area contributed by atoms with Crippen LogP contribution in [-0.4, -0.2) is 54.4 Å². The molecule has 0 unspecified atom stereocenters. The molecular weight excluding hydrogens is 508 g/mol. The Hall–Kier alpha value is -4.36. The van der Waals surface area contributed by atoms with Crippen LogP contribution in [-0.2, 0) is 24.1 Å². The molecule has 0 amide bonds. The minimum atomic E-state index is -1.04. The predicted octanol–water partition coefficient (Wildman–Crippen LogP) is 4.35. The summed E-state index contributed by atoms with van der Waals surface area (Å²) in [5.74, 6) is 1.62. The number of carbonyl (C=O) groups is 1. The van der Waals surface area contributed by atoms with Crippen molar-refractivity contribution < 1.29 is 19.4 Å². The maximum absolute atomic E-state index is 11.5. The van der Waals surface area contributed by atoms with Crippen LogP contribution >= 0.6 is 0 Å². The zero-order valence-corrected chi connectivity index (χ0v) is 22.1. The van der Waals surface area contributed by atoms with Gasteiger partial charge in [-0.15, -0.1) is 0 Å². The van der Waals surface area contributed by atoms with Gasteiger partial charge in [0.2, 0.25) is 5.88 Å². The fraction of sp³-hybridized carbons (Fsp3) is 0.400. The Morgan fingerprint density at radius 2 is 1.85 bits per heavy atom. The SMILES string of the molecule is N#Cc1ccc(Cc2nccc(O[C@H]3CC[C@H](Cc4nc5ccc(C(=O)O)nc5n4C[C@@H]4CCO4)CC3)n2)cc1. The van der Waals surface area contributed by atoms with Crippen molar-refractivity contribution in [1.82, 2.24) is 24.5 Å². The van der Waals surface area contributed by atoms with E-state index in [1.165, 1.54) is 6.07 Å². The van der Waals surface area contributed by atoms with E-state index in [-0.39, 0.29) is 17.9 Å². The van der Waals surface area contributed by atoms with Gasteiger partial charge >= 0.3 is 5.97 Å². The summed E-state index contributed by atoms with van der Waals surface area (Å²) in [4.78, 5) is 29.8. The molecule has 1 aliphatic carbocycles. The molecule has 0 bridgehead atoms. The lowest BCUT2D eigenvalue weighted by Crippen LogP contribution is -2.32. The summed E-state index contributed by atoms with van der Waals surface area (Å²) >= 11 is 0. The molecule has 0 spiro atoms. The number of ether oxygens (including phenoxy) is 2. The molecule has 1 atom stereocenters. The number of pyridine rings is 1. The van der Waals surface area contributed by atoms with Crippen LogP contribution in [0.4, 0.5) is 0 Å². The van der Waals surface area contributed by atoms with E-state index in [9.17, 15) is 9.90 Å². The highest BCUT2D eigenvalue weighted by Gasteiger charge is 2.27. The third-order valence-corrected chi connectivity index (χ3v) is 7.75. The molecule has 3 aromatic heterocycles. The first-order valence-electron chi connectivity index (χ1n) is 13.7. The zero-order chi connectivity index (χ0) is 27.5. The molecule has 4 heterocycles. The summed E-state index contributed by atoms with van der Waals surface area (Å²) in [5.41, 5.74) is 3.03. The quantitative estimate of drug-likeness (QED) is 0.330. The van der Waals surface area contributed by atoms with E-state index in [0.29, 0.717) is 41.8 Å². The summed E-state index contributed by atoms with van der Waals surface area (Å²) in [5, 5.41) is 18.4. The van der Waals surface area contributed by atoms with Gasteiger partial charge in [-0.2, -0.15) is 10.2 Å². The Bertz CT molecular complexity index is 1550. The van der Waals surface area contributed by atoms with Crippen LogP contribution in [0.3, 0.4) is 0 Å². The molecular formula is C30H30N6O4. The molecule has 2 fully saturated rings. The zero-order valence-electron chi connectivity index (χ0n) is 22.1. The van der Waals surface area contributed by atoms with Crippen molar-refractivity contribution in [2.24, 2.45) is 5.92 Å². The van der Waals surface area contributed by atoms with E-state index >= 15 is 0 Å². The number of aromatic nitrogens is 5. The van der Waals surface area contributed by atoms with Gasteiger partial charge in [0.25, 0.3) is 0 Å². The molecule has 1 saturated carbocycles. The highest BCUT2D eigenvalue weighted by molar-refractivity contribution is 5.88. The van der Waals surface area contributed by atoms with Gasteiger partial charge in [-0.05, 0) is 67.9 Å². The molecule has 2 aliphatic rings. The lowest BCUT2D eigenvalue weighted by molar-refractivity contribution is -0.0591. The Morgan fingerprint density at radius 3 is 2.55 bits per heavy atom. The summed E-state index contributed by atoms with van der Waals surface area (Å²) in [6.45, 7) is 1.40. The summed E-state index contributed by atoms with van der Waals surface area (Å²) in [6, 6.07) is 14.6. The number of carboxylic acid groups (broad SMARTS) is 1. The number of nitriles is 1. The predicted molar refractivity (Wildman–Crippen MR) is 145 cm³/mol. The Labute approximate surface area is 231 Å². The molecule has 0 radical (unpaired) electrons. The number of fused-ring (bicyclic) bond motifs is 1. The monoisotopic (exact) mass is 538 g/mol. The van der Waals surface area contributed by atoms with E-state index in [2.05, 4.69) is 25.6 Å². The minimum Gasteiger partial charge on any atom is -0.477 e. The molecule has 6 rings (SSSR count). The fourth-order valence-corrected chi connectivity index (χ4v) is 5.44. The highest BCUT2D eigenvalue weighted by atomic mass is 16.5. The maximum atomic E-state index is 11.5. The molecule has 10 nitrogen and oxygen atoms in total. The summed E-state index contributed by atoms with van der Waals surface area (Å²) in [7, 11) is 0. The topological polar surface area (TPSA) is 136 Å². The lowest BCUT2D eigenvalue weighted by Gasteiger charge is -2.30. The number of benzene rings is 1. The maximum Gasteiger partial charge on any atom is 0.354 e. The Balaban J connectivity index is 1.08. The second-order valence-corrected chi connectivity index (χ2v) is 10.5. The first-order valence-corrected chi connectivity index (χ1v) is 13.7. The molecule has 1 aliphatic heterocycles. The van der Waals surface area contributed by atoms with Crippen molar-refractivity contribution >= 4 is 17.1 Å². The van der Waals surface area contributed by atoms with Crippen LogP contribution in [0.5, 0.6) is 5.88 Å². The Morgan fingerprint density at radius 1 is 1.05 bits per heavy atom. The van der Waals surface area contributed by atoms with Gasteiger partial charge in [0.1, 0.15) is 23.3 Å². The number of carboxylic acids is 1. The van der Waals surface area contributed by atoms with Gasteiger partial charge in [0.05, 0.1) is 24.3 Å². The molecule has 10 heteroatoms. The van der Waals surface area contributed by atoms with E-state index in [0.717, 1.165) is 62.0 Å². The number of hydrogen-bond donors (Lipinski definition) is 1. The fourth-order valence-electron chi connectivity index (χ4n) is 5.44. The number of imidazole rings is 1. The second-order valence-electron chi connectivity index (χ2n) is 10.5. The average Bonchev–Trinajstić information content (AvgIpc) is 3.28. The lowest BCUT2D eigenvalue weighted by atomic mass is 9.85.